The Morgan fingerprint density at radius 1 is 1.52 bits per heavy atom. The Hall–Kier alpha value is -1.30. The Balaban J connectivity index is 0.00000220. The third-order valence-corrected chi connectivity index (χ3v) is 3.48. The molecule has 118 valence electrons. The van der Waals surface area contributed by atoms with Crippen molar-refractivity contribution in [2.24, 2.45) is 5.73 Å². The molecule has 0 bridgehead atoms. The molecule has 2 rings (SSSR count). The van der Waals surface area contributed by atoms with Crippen molar-refractivity contribution in [3.8, 4) is 5.75 Å². The van der Waals surface area contributed by atoms with E-state index in [-0.39, 0.29) is 31.0 Å². The van der Waals surface area contributed by atoms with E-state index in [4.69, 9.17) is 15.2 Å². The molecule has 1 aromatic carbocycles. The number of nitrogens with two attached hydrogens (primary N) is 1. The minimum atomic E-state index is -0.0525. The zero-order chi connectivity index (χ0) is 14.4. The van der Waals surface area contributed by atoms with Crippen molar-refractivity contribution in [2.75, 3.05) is 26.8 Å². The van der Waals surface area contributed by atoms with E-state index in [1.165, 1.54) is 0 Å². The number of nitrogens with zero attached hydrogens (tertiary/aromatic N) is 1. The number of carbonyl (C=O) groups is 1. The third kappa shape index (κ3) is 5.19. The van der Waals surface area contributed by atoms with Gasteiger partial charge < -0.3 is 20.1 Å². The van der Waals surface area contributed by atoms with Crippen LogP contribution in [0.2, 0.25) is 0 Å². The summed E-state index contributed by atoms with van der Waals surface area (Å²) in [5.74, 6) is 0.739. The summed E-state index contributed by atoms with van der Waals surface area (Å²) in [6, 6.07) is 7.73. The Bertz CT molecular complexity index is 450. The van der Waals surface area contributed by atoms with Gasteiger partial charge >= 0.3 is 0 Å². The van der Waals surface area contributed by atoms with E-state index in [0.717, 1.165) is 30.8 Å². The highest BCUT2D eigenvalue weighted by molar-refractivity contribution is 5.85. The smallest absolute Gasteiger partial charge is 0.236 e. The molecule has 1 heterocycles. The lowest BCUT2D eigenvalue weighted by atomic mass is 10.1. The second-order valence-corrected chi connectivity index (χ2v) is 4.96. The van der Waals surface area contributed by atoms with Crippen molar-refractivity contribution in [3.05, 3.63) is 29.8 Å². The fourth-order valence-electron chi connectivity index (χ4n) is 2.41. The highest BCUT2D eigenvalue weighted by Crippen LogP contribution is 2.17. The maximum absolute atomic E-state index is 12.0. The number of hydrogen-bond donors (Lipinski definition) is 1. The average Bonchev–Trinajstić information content (AvgIpc) is 2.99. The molecule has 0 aliphatic carbocycles. The van der Waals surface area contributed by atoms with Gasteiger partial charge in [0.15, 0.2) is 0 Å². The maximum Gasteiger partial charge on any atom is 0.236 e. The first-order valence-corrected chi connectivity index (χ1v) is 6.95. The predicted molar refractivity (Wildman–Crippen MR) is 83.7 cm³/mol. The first kappa shape index (κ1) is 17.8. The van der Waals surface area contributed by atoms with Crippen LogP contribution in [0.4, 0.5) is 0 Å². The molecule has 1 aliphatic rings. The number of benzene rings is 1. The largest absolute Gasteiger partial charge is 0.497 e. The lowest BCUT2D eigenvalue weighted by molar-refractivity contribution is -0.131. The molecular formula is C15H23ClN2O3. The molecule has 2 N–H and O–H groups in total. The van der Waals surface area contributed by atoms with Crippen LogP contribution in [0, 0.1) is 0 Å². The summed E-state index contributed by atoms with van der Waals surface area (Å²) in [6.07, 6.45) is 2.21. The number of carbonyl (C=O) groups excluding carboxylic acids is 1. The molecule has 1 aromatic rings. The molecule has 0 radical (unpaired) electrons. The molecule has 1 amide bonds. The van der Waals surface area contributed by atoms with Gasteiger partial charge in [0.05, 0.1) is 19.8 Å². The summed E-state index contributed by atoms with van der Waals surface area (Å²) < 4.78 is 10.8. The maximum atomic E-state index is 12.0. The number of ether oxygens (including phenoxy) is 2. The molecule has 1 saturated heterocycles. The van der Waals surface area contributed by atoms with Gasteiger partial charge in [-0.3, -0.25) is 4.79 Å². The van der Waals surface area contributed by atoms with Crippen molar-refractivity contribution in [1.29, 1.82) is 0 Å². The number of methoxy groups -OCH3 is 1. The van der Waals surface area contributed by atoms with Gasteiger partial charge in [-0.25, -0.2) is 0 Å². The van der Waals surface area contributed by atoms with Crippen LogP contribution >= 0.6 is 12.4 Å². The van der Waals surface area contributed by atoms with E-state index >= 15 is 0 Å². The summed E-state index contributed by atoms with van der Waals surface area (Å²) >= 11 is 0. The van der Waals surface area contributed by atoms with Gasteiger partial charge in [0, 0.05) is 19.7 Å². The number of rotatable bonds is 6. The molecule has 1 aliphatic heterocycles. The SMILES string of the molecule is COc1cccc(CN(CC2CCCO2)C(=O)CN)c1.Cl. The van der Waals surface area contributed by atoms with E-state index in [2.05, 4.69) is 0 Å². The zero-order valence-electron chi connectivity index (χ0n) is 12.3. The predicted octanol–water partition coefficient (Wildman–Crippen LogP) is 1.58. The molecule has 0 aromatic heterocycles. The summed E-state index contributed by atoms with van der Waals surface area (Å²) in [5.41, 5.74) is 6.53. The first-order chi connectivity index (χ1) is 9.72. The van der Waals surface area contributed by atoms with Gasteiger partial charge in [0.2, 0.25) is 5.91 Å². The Labute approximate surface area is 131 Å². The van der Waals surface area contributed by atoms with E-state index in [0.29, 0.717) is 13.1 Å². The summed E-state index contributed by atoms with van der Waals surface area (Å²) in [6.45, 7) is 1.95. The Morgan fingerprint density at radius 3 is 2.95 bits per heavy atom. The molecule has 0 spiro atoms. The van der Waals surface area contributed by atoms with Crippen molar-refractivity contribution < 1.29 is 14.3 Å². The van der Waals surface area contributed by atoms with Crippen LogP contribution in [0.15, 0.2) is 24.3 Å². The summed E-state index contributed by atoms with van der Waals surface area (Å²) in [5, 5.41) is 0. The lowest BCUT2D eigenvalue weighted by Gasteiger charge is -2.25. The second-order valence-electron chi connectivity index (χ2n) is 4.96. The van der Waals surface area contributed by atoms with E-state index in [1.807, 2.05) is 24.3 Å². The number of amides is 1. The van der Waals surface area contributed by atoms with Crippen LogP contribution in [-0.4, -0.2) is 43.7 Å². The van der Waals surface area contributed by atoms with E-state index in [9.17, 15) is 4.79 Å². The van der Waals surface area contributed by atoms with Gasteiger partial charge in [0.1, 0.15) is 5.75 Å². The molecule has 6 heteroatoms. The van der Waals surface area contributed by atoms with Gasteiger partial charge in [-0.15, -0.1) is 12.4 Å². The van der Waals surface area contributed by atoms with Crippen LogP contribution < -0.4 is 10.5 Å². The molecular weight excluding hydrogens is 292 g/mol. The molecule has 1 atom stereocenters. The topological polar surface area (TPSA) is 64.8 Å². The summed E-state index contributed by atoms with van der Waals surface area (Å²) in [7, 11) is 1.63. The highest BCUT2D eigenvalue weighted by atomic mass is 35.5. The van der Waals surface area contributed by atoms with Crippen molar-refractivity contribution >= 4 is 18.3 Å². The molecule has 1 fully saturated rings. The van der Waals surface area contributed by atoms with Gasteiger partial charge in [0.25, 0.3) is 0 Å². The molecule has 0 saturated carbocycles. The van der Waals surface area contributed by atoms with Crippen molar-refractivity contribution in [1.82, 2.24) is 4.90 Å². The van der Waals surface area contributed by atoms with Crippen molar-refractivity contribution in [3.63, 3.8) is 0 Å². The summed E-state index contributed by atoms with van der Waals surface area (Å²) in [4.78, 5) is 13.7. The third-order valence-electron chi connectivity index (χ3n) is 3.48. The Kier molecular flexibility index (Phi) is 7.50. The van der Waals surface area contributed by atoms with Gasteiger partial charge in [-0.1, -0.05) is 12.1 Å². The number of hydrogen-bond acceptors (Lipinski definition) is 4. The van der Waals surface area contributed by atoms with Crippen LogP contribution in [0.25, 0.3) is 0 Å². The standard InChI is InChI=1S/C15H22N2O3.ClH/c1-19-13-5-2-4-12(8-13)10-17(15(18)9-16)11-14-6-3-7-20-14;/h2,4-5,8,14H,3,6-7,9-11,16H2,1H3;1H. The quantitative estimate of drug-likeness (QED) is 0.866. The number of halogens is 1. The average molecular weight is 315 g/mol. The second kappa shape index (κ2) is 8.87. The van der Waals surface area contributed by atoms with Crippen molar-refractivity contribution in [2.45, 2.75) is 25.5 Å². The minimum Gasteiger partial charge on any atom is -0.497 e. The monoisotopic (exact) mass is 314 g/mol. The van der Waals surface area contributed by atoms with E-state index in [1.54, 1.807) is 12.0 Å². The fourth-order valence-corrected chi connectivity index (χ4v) is 2.41. The molecule has 5 nitrogen and oxygen atoms in total. The van der Waals surface area contributed by atoms with Gasteiger partial charge in [-0.05, 0) is 30.5 Å². The highest BCUT2D eigenvalue weighted by Gasteiger charge is 2.22. The molecule has 21 heavy (non-hydrogen) atoms. The van der Waals surface area contributed by atoms with Crippen LogP contribution in [0.3, 0.4) is 0 Å². The normalized spacial score (nSPS) is 17.1. The van der Waals surface area contributed by atoms with Crippen LogP contribution in [-0.2, 0) is 16.1 Å². The first-order valence-electron chi connectivity index (χ1n) is 6.95. The van der Waals surface area contributed by atoms with E-state index < -0.39 is 0 Å². The Morgan fingerprint density at radius 2 is 2.33 bits per heavy atom. The minimum absolute atomic E-state index is 0. The zero-order valence-corrected chi connectivity index (χ0v) is 13.1. The van der Waals surface area contributed by atoms with Gasteiger partial charge in [-0.2, -0.15) is 0 Å². The van der Waals surface area contributed by atoms with Crippen LogP contribution in [0.5, 0.6) is 5.75 Å². The fraction of sp³-hybridized carbons (Fsp3) is 0.533. The lowest BCUT2D eigenvalue weighted by Crippen LogP contribution is -2.40. The van der Waals surface area contributed by atoms with Crippen LogP contribution in [0.1, 0.15) is 18.4 Å². The molecule has 1 unspecified atom stereocenters.